The van der Waals surface area contributed by atoms with Crippen molar-refractivity contribution in [1.82, 2.24) is 19.6 Å². The largest absolute Gasteiger partial charge is 0.507 e. The smallest absolute Gasteiger partial charge is 0.254 e. The van der Waals surface area contributed by atoms with Crippen molar-refractivity contribution >= 4 is 27.7 Å². The van der Waals surface area contributed by atoms with Gasteiger partial charge in [0.15, 0.2) is 0 Å². The minimum Gasteiger partial charge on any atom is -0.507 e. The summed E-state index contributed by atoms with van der Waals surface area (Å²) in [6, 6.07) is 12.6. The van der Waals surface area contributed by atoms with Gasteiger partial charge in [0.05, 0.1) is 34.0 Å². The predicted molar refractivity (Wildman–Crippen MR) is 143 cm³/mol. The summed E-state index contributed by atoms with van der Waals surface area (Å²) in [5.41, 5.74) is 4.31. The molecule has 2 aromatic carbocycles. The topological polar surface area (TPSA) is 87.9 Å². The third kappa shape index (κ3) is 4.64. The monoisotopic (exact) mass is 564 g/mol. The number of nitrogens with zero attached hydrogens (tertiary/aromatic N) is 4. The summed E-state index contributed by atoms with van der Waals surface area (Å²) in [6.45, 7) is 9.32. The van der Waals surface area contributed by atoms with Crippen LogP contribution in [-0.4, -0.2) is 62.7 Å². The van der Waals surface area contributed by atoms with Gasteiger partial charge in [-0.05, 0) is 63.8 Å². The fraction of sp³-hybridized carbons (Fsp3) is 0.321. The number of carbonyl (C=O) groups excluding carboxylic acids is 2. The molecule has 0 fully saturated rings. The molecule has 3 heterocycles. The SMILES string of the molecule is C=CC(=O)N1CCOc2nn(-c3ccc(C(C)C)cc3)c3c2C(C1)N(C(=O)c1ccc(Br)c(O)c1)CC3. The van der Waals surface area contributed by atoms with Gasteiger partial charge in [-0.25, -0.2) is 4.68 Å². The Kier molecular flexibility index (Phi) is 6.81. The van der Waals surface area contributed by atoms with E-state index in [2.05, 4.69) is 60.6 Å². The summed E-state index contributed by atoms with van der Waals surface area (Å²) in [5.74, 6) is 0.444. The Labute approximate surface area is 224 Å². The van der Waals surface area contributed by atoms with E-state index in [1.807, 2.05) is 4.68 Å². The van der Waals surface area contributed by atoms with Crippen LogP contribution in [0.5, 0.6) is 11.6 Å². The lowest BCUT2D eigenvalue weighted by Crippen LogP contribution is -2.48. The first-order valence-electron chi connectivity index (χ1n) is 12.3. The van der Waals surface area contributed by atoms with Crippen LogP contribution in [0.25, 0.3) is 5.69 Å². The van der Waals surface area contributed by atoms with E-state index < -0.39 is 6.04 Å². The van der Waals surface area contributed by atoms with Crippen molar-refractivity contribution in [3.05, 3.63) is 82.0 Å². The Morgan fingerprint density at radius 3 is 2.62 bits per heavy atom. The second-order valence-corrected chi connectivity index (χ2v) is 10.4. The number of aromatic nitrogens is 2. The van der Waals surface area contributed by atoms with Crippen molar-refractivity contribution in [2.75, 3.05) is 26.2 Å². The highest BCUT2D eigenvalue weighted by Gasteiger charge is 2.40. The number of amides is 2. The van der Waals surface area contributed by atoms with Crippen LogP contribution in [0.3, 0.4) is 0 Å². The molecular weight excluding hydrogens is 536 g/mol. The van der Waals surface area contributed by atoms with Crippen molar-refractivity contribution in [2.24, 2.45) is 0 Å². The number of aromatic hydroxyl groups is 1. The zero-order valence-electron chi connectivity index (χ0n) is 20.9. The summed E-state index contributed by atoms with van der Waals surface area (Å²) >= 11 is 3.27. The van der Waals surface area contributed by atoms with E-state index in [9.17, 15) is 14.7 Å². The van der Waals surface area contributed by atoms with Crippen molar-refractivity contribution in [2.45, 2.75) is 32.2 Å². The molecule has 0 bridgehead atoms. The molecule has 2 aliphatic rings. The maximum Gasteiger partial charge on any atom is 0.254 e. The molecule has 3 aromatic rings. The highest BCUT2D eigenvalue weighted by molar-refractivity contribution is 9.10. The lowest BCUT2D eigenvalue weighted by atomic mass is 9.95. The molecule has 0 saturated carbocycles. The molecular formula is C28H29BrN4O4. The third-order valence-electron chi connectivity index (χ3n) is 7.02. The number of hydrogen-bond donors (Lipinski definition) is 1. The van der Waals surface area contributed by atoms with Crippen molar-refractivity contribution in [1.29, 1.82) is 0 Å². The zero-order chi connectivity index (χ0) is 26.3. The lowest BCUT2D eigenvalue weighted by molar-refractivity contribution is -0.127. The number of benzene rings is 2. The summed E-state index contributed by atoms with van der Waals surface area (Å²) in [7, 11) is 0. The quantitative estimate of drug-likeness (QED) is 0.467. The molecule has 0 aliphatic carbocycles. The standard InChI is InChI=1S/C28H29BrN4O4/c1-4-25(35)31-13-14-37-27-26-22(33(30-27)20-8-5-18(6-9-20)17(2)3)11-12-32(23(26)16-31)28(36)19-7-10-21(29)24(34)15-19/h4-10,15,17,23,34H,1,11-14,16H2,2-3H3. The molecule has 2 amide bonds. The second kappa shape index (κ2) is 10.0. The van der Waals surface area contributed by atoms with Crippen molar-refractivity contribution < 1.29 is 19.4 Å². The van der Waals surface area contributed by atoms with E-state index in [-0.39, 0.29) is 24.2 Å². The summed E-state index contributed by atoms with van der Waals surface area (Å²) < 4.78 is 8.50. The van der Waals surface area contributed by atoms with Gasteiger partial charge < -0.3 is 19.6 Å². The van der Waals surface area contributed by atoms with Crippen LogP contribution in [0.2, 0.25) is 0 Å². The molecule has 1 atom stereocenters. The minimum atomic E-state index is -0.468. The number of ether oxygens (including phenoxy) is 1. The number of phenols is 1. The van der Waals surface area contributed by atoms with Gasteiger partial charge in [-0.1, -0.05) is 32.6 Å². The molecule has 1 unspecified atom stereocenters. The van der Waals surface area contributed by atoms with Gasteiger partial charge in [0, 0.05) is 25.1 Å². The Bertz CT molecular complexity index is 1370. The van der Waals surface area contributed by atoms with Crippen LogP contribution in [0.15, 0.2) is 59.6 Å². The Balaban J connectivity index is 1.59. The van der Waals surface area contributed by atoms with Crippen LogP contribution in [0, 0.1) is 0 Å². The van der Waals surface area contributed by atoms with Gasteiger partial charge >= 0.3 is 0 Å². The fourth-order valence-corrected chi connectivity index (χ4v) is 5.25. The number of carbonyl (C=O) groups is 2. The molecule has 0 radical (unpaired) electrons. The normalized spacial score (nSPS) is 17.0. The molecule has 5 rings (SSSR count). The van der Waals surface area contributed by atoms with E-state index in [1.54, 1.807) is 21.9 Å². The highest BCUT2D eigenvalue weighted by Crippen LogP contribution is 2.40. The van der Waals surface area contributed by atoms with Crippen LogP contribution in [-0.2, 0) is 11.2 Å². The van der Waals surface area contributed by atoms with Crippen LogP contribution in [0.1, 0.15) is 53.0 Å². The van der Waals surface area contributed by atoms with Gasteiger partial charge in [0.25, 0.3) is 5.91 Å². The first-order chi connectivity index (χ1) is 17.8. The van der Waals surface area contributed by atoms with E-state index in [0.717, 1.165) is 16.9 Å². The number of halogens is 1. The Morgan fingerprint density at radius 1 is 1.19 bits per heavy atom. The molecule has 8 nitrogen and oxygen atoms in total. The van der Waals surface area contributed by atoms with E-state index >= 15 is 0 Å². The van der Waals surface area contributed by atoms with Crippen LogP contribution < -0.4 is 4.74 Å². The third-order valence-corrected chi connectivity index (χ3v) is 7.70. The first-order valence-corrected chi connectivity index (χ1v) is 13.1. The van der Waals surface area contributed by atoms with Gasteiger partial charge in [0.1, 0.15) is 12.4 Å². The first kappa shape index (κ1) is 25.1. The molecule has 0 saturated heterocycles. The van der Waals surface area contributed by atoms with Gasteiger partial charge in [-0.15, -0.1) is 5.10 Å². The maximum atomic E-state index is 13.7. The summed E-state index contributed by atoms with van der Waals surface area (Å²) in [4.78, 5) is 29.8. The van der Waals surface area contributed by atoms with Gasteiger partial charge in [-0.3, -0.25) is 9.59 Å². The van der Waals surface area contributed by atoms with Crippen molar-refractivity contribution in [3.8, 4) is 17.3 Å². The number of hydrogen-bond acceptors (Lipinski definition) is 5. The number of phenolic OH excluding ortho intramolecular Hbond substituents is 1. The molecule has 1 N–H and O–H groups in total. The molecule has 1 aromatic heterocycles. The molecule has 9 heteroatoms. The fourth-order valence-electron chi connectivity index (χ4n) is 5.00. The Morgan fingerprint density at radius 2 is 1.95 bits per heavy atom. The molecule has 192 valence electrons. The van der Waals surface area contributed by atoms with Crippen molar-refractivity contribution in [3.63, 3.8) is 0 Å². The van der Waals surface area contributed by atoms with Crippen LogP contribution >= 0.6 is 15.9 Å². The van der Waals surface area contributed by atoms with Crippen LogP contribution in [0.4, 0.5) is 0 Å². The number of rotatable bonds is 4. The highest BCUT2D eigenvalue weighted by atomic mass is 79.9. The van der Waals surface area contributed by atoms with E-state index in [1.165, 1.54) is 17.7 Å². The summed E-state index contributed by atoms with van der Waals surface area (Å²) in [6.07, 6.45) is 1.85. The van der Waals surface area contributed by atoms with Gasteiger partial charge in [-0.2, -0.15) is 0 Å². The minimum absolute atomic E-state index is 0.00800. The molecule has 2 aliphatic heterocycles. The van der Waals surface area contributed by atoms with E-state index in [0.29, 0.717) is 47.9 Å². The lowest BCUT2D eigenvalue weighted by Gasteiger charge is -2.39. The molecule has 0 spiro atoms. The average molecular weight is 565 g/mol. The maximum absolute atomic E-state index is 13.7. The summed E-state index contributed by atoms with van der Waals surface area (Å²) in [5, 5.41) is 15.0. The van der Waals surface area contributed by atoms with Gasteiger partial charge in [0.2, 0.25) is 11.8 Å². The predicted octanol–water partition coefficient (Wildman–Crippen LogP) is 4.61. The molecule has 37 heavy (non-hydrogen) atoms. The average Bonchev–Trinajstić information content (AvgIpc) is 3.26. The second-order valence-electron chi connectivity index (χ2n) is 9.59. The van der Waals surface area contributed by atoms with E-state index in [4.69, 9.17) is 9.84 Å². The Hall–Kier alpha value is -3.59. The zero-order valence-corrected chi connectivity index (χ0v) is 22.4.